The van der Waals surface area contributed by atoms with Crippen LogP contribution in [0.5, 0.6) is 0 Å². The second kappa shape index (κ2) is 7.54. The standard InChI is InChI=1S/C16H16ClN3O4S/c1-10(21)18-12-4-6-13(7-5-12)19-16(22)11-3-8-15(14(17)9-11)20-25(2,23)24/h3-9,20H,1-2H3,(H,18,21)(H,19,22). The Bertz CT molecular complexity index is 911. The molecule has 132 valence electrons. The highest BCUT2D eigenvalue weighted by Gasteiger charge is 2.11. The van der Waals surface area contributed by atoms with Gasteiger partial charge in [0, 0.05) is 23.9 Å². The van der Waals surface area contributed by atoms with Crippen molar-refractivity contribution < 1.29 is 18.0 Å². The molecule has 0 saturated carbocycles. The molecule has 7 nitrogen and oxygen atoms in total. The first-order chi connectivity index (χ1) is 11.6. The van der Waals surface area contributed by atoms with Crippen molar-refractivity contribution in [1.29, 1.82) is 0 Å². The SMILES string of the molecule is CC(=O)Nc1ccc(NC(=O)c2ccc(NS(C)(=O)=O)c(Cl)c2)cc1. The van der Waals surface area contributed by atoms with Gasteiger partial charge in [-0.1, -0.05) is 11.6 Å². The van der Waals surface area contributed by atoms with Crippen molar-refractivity contribution in [3.63, 3.8) is 0 Å². The van der Waals surface area contributed by atoms with Crippen LogP contribution in [0.3, 0.4) is 0 Å². The number of benzene rings is 2. The van der Waals surface area contributed by atoms with E-state index in [-0.39, 0.29) is 22.2 Å². The highest BCUT2D eigenvalue weighted by atomic mass is 35.5. The van der Waals surface area contributed by atoms with E-state index in [4.69, 9.17) is 11.6 Å². The zero-order valence-corrected chi connectivity index (χ0v) is 15.0. The lowest BCUT2D eigenvalue weighted by molar-refractivity contribution is -0.114. The molecule has 0 spiro atoms. The summed E-state index contributed by atoms with van der Waals surface area (Å²) in [5, 5.41) is 5.42. The van der Waals surface area contributed by atoms with Crippen LogP contribution in [0.25, 0.3) is 0 Å². The van der Waals surface area contributed by atoms with Crippen molar-refractivity contribution in [2.45, 2.75) is 6.92 Å². The summed E-state index contributed by atoms with van der Waals surface area (Å²) in [6, 6.07) is 10.8. The van der Waals surface area contributed by atoms with E-state index in [1.807, 2.05) is 0 Å². The minimum absolute atomic E-state index is 0.110. The van der Waals surface area contributed by atoms with Crippen molar-refractivity contribution in [1.82, 2.24) is 0 Å². The van der Waals surface area contributed by atoms with E-state index in [0.29, 0.717) is 11.4 Å². The second-order valence-electron chi connectivity index (χ2n) is 5.28. The molecule has 0 fully saturated rings. The fraction of sp³-hybridized carbons (Fsp3) is 0.125. The third kappa shape index (κ3) is 5.77. The Labute approximate surface area is 150 Å². The second-order valence-corrected chi connectivity index (χ2v) is 7.44. The molecule has 0 bridgehead atoms. The predicted octanol–water partition coefficient (Wildman–Crippen LogP) is 2.92. The Morgan fingerprint density at radius 2 is 1.52 bits per heavy atom. The summed E-state index contributed by atoms with van der Waals surface area (Å²) < 4.78 is 24.7. The molecule has 0 aliphatic rings. The van der Waals surface area contributed by atoms with Crippen LogP contribution < -0.4 is 15.4 Å². The Morgan fingerprint density at radius 3 is 2.00 bits per heavy atom. The van der Waals surface area contributed by atoms with Crippen LogP contribution in [0.15, 0.2) is 42.5 Å². The number of sulfonamides is 1. The van der Waals surface area contributed by atoms with Crippen LogP contribution in [0.1, 0.15) is 17.3 Å². The first-order valence-corrected chi connectivity index (χ1v) is 9.37. The zero-order chi connectivity index (χ0) is 18.6. The minimum Gasteiger partial charge on any atom is -0.326 e. The maximum atomic E-state index is 12.2. The molecule has 2 aromatic rings. The summed E-state index contributed by atoms with van der Waals surface area (Å²) in [6.07, 6.45) is 1.01. The molecule has 9 heteroatoms. The fourth-order valence-corrected chi connectivity index (χ4v) is 2.84. The van der Waals surface area contributed by atoms with Crippen LogP contribution in [-0.4, -0.2) is 26.5 Å². The Morgan fingerprint density at radius 1 is 0.960 bits per heavy atom. The lowest BCUT2D eigenvalue weighted by atomic mass is 10.2. The molecule has 0 unspecified atom stereocenters. The molecule has 0 heterocycles. The minimum atomic E-state index is -3.46. The molecule has 0 atom stereocenters. The summed E-state index contributed by atoms with van der Waals surface area (Å²) in [7, 11) is -3.46. The number of amides is 2. The Balaban J connectivity index is 2.10. The first-order valence-electron chi connectivity index (χ1n) is 7.10. The van der Waals surface area contributed by atoms with Crippen molar-refractivity contribution in [2.75, 3.05) is 21.6 Å². The summed E-state index contributed by atoms with van der Waals surface area (Å²) in [4.78, 5) is 23.2. The van der Waals surface area contributed by atoms with E-state index >= 15 is 0 Å². The van der Waals surface area contributed by atoms with Crippen LogP contribution in [-0.2, 0) is 14.8 Å². The van der Waals surface area contributed by atoms with Crippen LogP contribution in [0.4, 0.5) is 17.1 Å². The van der Waals surface area contributed by atoms with Crippen molar-refractivity contribution in [3.8, 4) is 0 Å². The van der Waals surface area contributed by atoms with E-state index in [1.165, 1.54) is 25.1 Å². The van der Waals surface area contributed by atoms with Gasteiger partial charge in [0.2, 0.25) is 15.9 Å². The molecule has 2 rings (SSSR count). The Kier molecular flexibility index (Phi) is 5.66. The summed E-state index contributed by atoms with van der Waals surface area (Å²) >= 11 is 6.00. The van der Waals surface area contributed by atoms with E-state index in [0.717, 1.165) is 6.26 Å². The average Bonchev–Trinajstić information content (AvgIpc) is 2.49. The highest BCUT2D eigenvalue weighted by Crippen LogP contribution is 2.24. The molecule has 0 saturated heterocycles. The summed E-state index contributed by atoms with van der Waals surface area (Å²) in [6.45, 7) is 1.40. The molecule has 25 heavy (non-hydrogen) atoms. The van der Waals surface area contributed by atoms with Crippen molar-refractivity contribution >= 4 is 50.5 Å². The largest absolute Gasteiger partial charge is 0.326 e. The number of halogens is 1. The van der Waals surface area contributed by atoms with Gasteiger partial charge in [-0.25, -0.2) is 8.42 Å². The maximum absolute atomic E-state index is 12.2. The number of nitrogens with one attached hydrogen (secondary N) is 3. The zero-order valence-electron chi connectivity index (χ0n) is 13.5. The van der Waals surface area contributed by atoms with E-state index < -0.39 is 15.9 Å². The average molecular weight is 382 g/mol. The quantitative estimate of drug-likeness (QED) is 0.740. The first kappa shape index (κ1) is 18.8. The number of hydrogen-bond acceptors (Lipinski definition) is 4. The van der Waals surface area contributed by atoms with Crippen LogP contribution >= 0.6 is 11.6 Å². The lowest BCUT2D eigenvalue weighted by Crippen LogP contribution is -2.13. The van der Waals surface area contributed by atoms with Gasteiger partial charge >= 0.3 is 0 Å². The highest BCUT2D eigenvalue weighted by molar-refractivity contribution is 7.92. The molecular formula is C16H16ClN3O4S. The third-order valence-corrected chi connectivity index (χ3v) is 3.89. The molecular weight excluding hydrogens is 366 g/mol. The number of anilines is 3. The predicted molar refractivity (Wildman–Crippen MR) is 98.6 cm³/mol. The van der Waals surface area contributed by atoms with Gasteiger partial charge in [-0.2, -0.15) is 0 Å². The van der Waals surface area contributed by atoms with Gasteiger partial charge in [-0.05, 0) is 42.5 Å². The Hall–Kier alpha value is -2.58. The maximum Gasteiger partial charge on any atom is 0.255 e. The van der Waals surface area contributed by atoms with E-state index in [9.17, 15) is 18.0 Å². The molecule has 0 aromatic heterocycles. The van der Waals surface area contributed by atoms with Gasteiger partial charge in [-0.15, -0.1) is 0 Å². The molecule has 0 aliphatic carbocycles. The smallest absolute Gasteiger partial charge is 0.255 e. The topological polar surface area (TPSA) is 104 Å². The number of carbonyl (C=O) groups excluding carboxylic acids is 2. The number of hydrogen-bond donors (Lipinski definition) is 3. The molecule has 2 aromatic carbocycles. The van der Waals surface area contributed by atoms with Gasteiger partial charge in [0.05, 0.1) is 17.0 Å². The molecule has 0 radical (unpaired) electrons. The fourth-order valence-electron chi connectivity index (χ4n) is 1.98. The molecule has 3 N–H and O–H groups in total. The van der Waals surface area contributed by atoms with E-state index in [1.54, 1.807) is 24.3 Å². The van der Waals surface area contributed by atoms with Gasteiger partial charge in [0.25, 0.3) is 5.91 Å². The summed E-state index contributed by atoms with van der Waals surface area (Å²) in [5.41, 5.74) is 1.62. The number of carbonyl (C=O) groups is 2. The van der Waals surface area contributed by atoms with E-state index in [2.05, 4.69) is 15.4 Å². The third-order valence-electron chi connectivity index (χ3n) is 2.99. The lowest BCUT2D eigenvalue weighted by Gasteiger charge is -2.10. The van der Waals surface area contributed by atoms with Crippen molar-refractivity contribution in [3.05, 3.63) is 53.1 Å². The molecule has 0 aliphatic heterocycles. The number of rotatable bonds is 5. The monoisotopic (exact) mass is 381 g/mol. The summed E-state index contributed by atoms with van der Waals surface area (Å²) in [5.74, 6) is -0.589. The van der Waals surface area contributed by atoms with Gasteiger partial charge in [-0.3, -0.25) is 14.3 Å². The van der Waals surface area contributed by atoms with Crippen LogP contribution in [0.2, 0.25) is 5.02 Å². The van der Waals surface area contributed by atoms with Gasteiger partial charge in [0.15, 0.2) is 0 Å². The van der Waals surface area contributed by atoms with Crippen LogP contribution in [0, 0.1) is 0 Å². The molecule has 2 amide bonds. The van der Waals surface area contributed by atoms with Gasteiger partial charge in [0.1, 0.15) is 0 Å². The van der Waals surface area contributed by atoms with Crippen molar-refractivity contribution in [2.24, 2.45) is 0 Å². The normalized spacial score (nSPS) is 10.8. The van der Waals surface area contributed by atoms with Gasteiger partial charge < -0.3 is 10.6 Å².